The van der Waals surface area contributed by atoms with E-state index in [0.29, 0.717) is 18.4 Å². The molecule has 2 heterocycles. The number of nitrogens with one attached hydrogen (secondary N) is 1. The molecule has 1 aromatic rings. The summed E-state index contributed by atoms with van der Waals surface area (Å²) in [5.74, 6) is 0.658. The van der Waals surface area contributed by atoms with Gasteiger partial charge in [0.25, 0.3) is 0 Å². The minimum Gasteiger partial charge on any atom is -0.330 e. The maximum Gasteiger partial charge on any atom is 0.240 e. The number of likely N-dealkylation sites (tertiary alicyclic amines) is 1. The van der Waals surface area contributed by atoms with Crippen LogP contribution in [-0.4, -0.2) is 37.5 Å². The highest BCUT2D eigenvalue weighted by Crippen LogP contribution is 2.38. The zero-order valence-electron chi connectivity index (χ0n) is 11.9. The molecule has 0 aromatic heterocycles. The predicted molar refractivity (Wildman–Crippen MR) is 79.1 cm³/mol. The van der Waals surface area contributed by atoms with E-state index in [2.05, 4.69) is 35.6 Å². The van der Waals surface area contributed by atoms with Gasteiger partial charge < -0.3 is 5.73 Å². The molecular weight excluding hydrogens is 252 g/mol. The van der Waals surface area contributed by atoms with Crippen LogP contribution in [0.3, 0.4) is 0 Å². The molecule has 2 atom stereocenters. The molecule has 5 nitrogen and oxygen atoms in total. The van der Waals surface area contributed by atoms with Crippen LogP contribution in [0.5, 0.6) is 0 Å². The van der Waals surface area contributed by atoms with Gasteiger partial charge in [-0.2, -0.15) is 0 Å². The number of carbonyl (C=O) groups excluding carboxylic acids is 1. The second-order valence-electron chi connectivity index (χ2n) is 5.79. The van der Waals surface area contributed by atoms with Gasteiger partial charge in [0.2, 0.25) is 5.91 Å². The number of carbonyl (C=O) groups is 1. The molecule has 2 saturated heterocycles. The van der Waals surface area contributed by atoms with Gasteiger partial charge in [-0.1, -0.05) is 18.2 Å². The van der Waals surface area contributed by atoms with Crippen molar-refractivity contribution in [2.45, 2.75) is 18.9 Å². The Kier molecular flexibility index (Phi) is 3.63. The van der Waals surface area contributed by atoms with E-state index in [1.807, 2.05) is 11.1 Å². The summed E-state index contributed by atoms with van der Waals surface area (Å²) in [6.45, 7) is 2.53. The molecule has 2 fully saturated rings. The zero-order chi connectivity index (χ0) is 14.1. The van der Waals surface area contributed by atoms with Crippen molar-refractivity contribution in [1.29, 1.82) is 0 Å². The molecule has 2 unspecified atom stereocenters. The summed E-state index contributed by atoms with van der Waals surface area (Å²) in [5.41, 5.74) is 11.1. The Bertz CT molecular complexity index is 504. The van der Waals surface area contributed by atoms with E-state index in [0.717, 1.165) is 31.7 Å². The quantitative estimate of drug-likeness (QED) is 0.859. The number of para-hydroxylation sites is 1. The zero-order valence-corrected chi connectivity index (χ0v) is 11.9. The lowest BCUT2D eigenvalue weighted by Crippen LogP contribution is -2.34. The fourth-order valence-electron chi connectivity index (χ4n) is 3.31. The van der Waals surface area contributed by atoms with Crippen LogP contribution in [0.2, 0.25) is 0 Å². The number of nitrogens with two attached hydrogens (primary N) is 1. The number of nitrogens with zero attached hydrogens (tertiary/aromatic N) is 2. The minimum absolute atomic E-state index is 0.0967. The van der Waals surface area contributed by atoms with Crippen molar-refractivity contribution < 1.29 is 4.79 Å². The van der Waals surface area contributed by atoms with Gasteiger partial charge in [0, 0.05) is 25.6 Å². The van der Waals surface area contributed by atoms with Gasteiger partial charge in [0.1, 0.15) is 0 Å². The van der Waals surface area contributed by atoms with Crippen molar-refractivity contribution in [2.24, 2.45) is 11.7 Å². The average molecular weight is 274 g/mol. The highest BCUT2D eigenvalue weighted by atomic mass is 16.2. The Balaban J connectivity index is 1.88. The Morgan fingerprint density at radius 1 is 1.40 bits per heavy atom. The maximum absolute atomic E-state index is 11.4. The van der Waals surface area contributed by atoms with E-state index >= 15 is 0 Å². The Hall–Kier alpha value is -1.59. The first kappa shape index (κ1) is 13.4. The third-order valence-electron chi connectivity index (χ3n) is 4.38. The molecule has 5 heteroatoms. The fourth-order valence-corrected chi connectivity index (χ4v) is 3.31. The second kappa shape index (κ2) is 5.42. The summed E-state index contributed by atoms with van der Waals surface area (Å²) in [7, 11) is 2.15. The van der Waals surface area contributed by atoms with Crippen LogP contribution < -0.4 is 16.2 Å². The first-order valence-corrected chi connectivity index (χ1v) is 7.25. The second-order valence-corrected chi connectivity index (χ2v) is 5.79. The molecule has 0 spiro atoms. The number of hydrogen-bond acceptors (Lipinski definition) is 4. The van der Waals surface area contributed by atoms with Gasteiger partial charge >= 0.3 is 0 Å². The Morgan fingerprint density at radius 3 is 2.85 bits per heavy atom. The van der Waals surface area contributed by atoms with Crippen molar-refractivity contribution in [2.75, 3.05) is 31.7 Å². The van der Waals surface area contributed by atoms with Gasteiger partial charge in [-0.25, -0.2) is 0 Å². The molecule has 1 aromatic carbocycles. The lowest BCUT2D eigenvalue weighted by Gasteiger charge is -2.27. The SMILES string of the molecule is CN1CC(CN)CC1c1ccccc1N1CCC(=O)N1. The molecule has 108 valence electrons. The van der Waals surface area contributed by atoms with E-state index in [-0.39, 0.29) is 5.91 Å². The number of hydrazine groups is 1. The fraction of sp³-hybridized carbons (Fsp3) is 0.533. The molecule has 0 radical (unpaired) electrons. The van der Waals surface area contributed by atoms with Crippen molar-refractivity contribution in [1.82, 2.24) is 10.3 Å². The number of anilines is 1. The van der Waals surface area contributed by atoms with E-state index in [1.165, 1.54) is 5.56 Å². The Morgan fingerprint density at radius 2 is 2.20 bits per heavy atom. The summed E-state index contributed by atoms with van der Waals surface area (Å²) >= 11 is 0. The Labute approximate surface area is 119 Å². The van der Waals surface area contributed by atoms with Crippen LogP contribution in [0.25, 0.3) is 0 Å². The summed E-state index contributed by atoms with van der Waals surface area (Å²) < 4.78 is 0. The molecule has 3 rings (SSSR count). The van der Waals surface area contributed by atoms with Crippen molar-refractivity contribution >= 4 is 11.6 Å². The van der Waals surface area contributed by atoms with Crippen LogP contribution >= 0.6 is 0 Å². The van der Waals surface area contributed by atoms with Gasteiger partial charge in [-0.3, -0.25) is 20.1 Å². The third kappa shape index (κ3) is 2.39. The maximum atomic E-state index is 11.4. The summed E-state index contributed by atoms with van der Waals surface area (Å²) in [6, 6.07) is 8.74. The number of amides is 1. The van der Waals surface area contributed by atoms with Gasteiger partial charge in [0.05, 0.1) is 5.69 Å². The molecule has 2 aliphatic rings. The molecule has 0 saturated carbocycles. The lowest BCUT2D eigenvalue weighted by atomic mass is 9.98. The predicted octanol–water partition coefficient (Wildman–Crippen LogP) is 0.879. The average Bonchev–Trinajstić information content (AvgIpc) is 3.05. The minimum atomic E-state index is 0.0967. The summed E-state index contributed by atoms with van der Waals surface area (Å²) in [5, 5.41) is 1.97. The topological polar surface area (TPSA) is 61.6 Å². The van der Waals surface area contributed by atoms with E-state index in [4.69, 9.17) is 5.73 Å². The standard InChI is InChI=1S/C15H22N4O/c1-18-10-11(9-16)8-14(18)12-4-2-3-5-13(12)19-7-6-15(20)17-19/h2-5,11,14H,6-10,16H2,1H3,(H,17,20). The largest absolute Gasteiger partial charge is 0.330 e. The molecule has 3 N–H and O–H groups in total. The van der Waals surface area contributed by atoms with Crippen LogP contribution in [0.1, 0.15) is 24.4 Å². The van der Waals surface area contributed by atoms with Crippen LogP contribution in [0.15, 0.2) is 24.3 Å². The number of hydrogen-bond donors (Lipinski definition) is 2. The van der Waals surface area contributed by atoms with Crippen LogP contribution in [0, 0.1) is 5.92 Å². The number of rotatable bonds is 3. The van der Waals surface area contributed by atoms with Crippen molar-refractivity contribution in [3.05, 3.63) is 29.8 Å². The smallest absolute Gasteiger partial charge is 0.240 e. The molecule has 1 amide bonds. The highest BCUT2D eigenvalue weighted by Gasteiger charge is 2.32. The van der Waals surface area contributed by atoms with Gasteiger partial charge in [-0.15, -0.1) is 0 Å². The van der Waals surface area contributed by atoms with E-state index in [1.54, 1.807) is 0 Å². The van der Waals surface area contributed by atoms with Crippen LogP contribution in [0.4, 0.5) is 5.69 Å². The van der Waals surface area contributed by atoms with Gasteiger partial charge in [0.15, 0.2) is 0 Å². The molecule has 0 bridgehead atoms. The number of benzene rings is 1. The molecule has 2 aliphatic heterocycles. The van der Waals surface area contributed by atoms with E-state index < -0.39 is 0 Å². The van der Waals surface area contributed by atoms with E-state index in [9.17, 15) is 4.79 Å². The summed E-state index contributed by atoms with van der Waals surface area (Å²) in [6.07, 6.45) is 1.66. The molecular formula is C15H22N4O. The first-order valence-electron chi connectivity index (χ1n) is 7.25. The van der Waals surface area contributed by atoms with Gasteiger partial charge in [-0.05, 0) is 37.6 Å². The first-order chi connectivity index (χ1) is 9.69. The van der Waals surface area contributed by atoms with Crippen LogP contribution in [-0.2, 0) is 4.79 Å². The normalized spacial score (nSPS) is 27.1. The highest BCUT2D eigenvalue weighted by molar-refractivity contribution is 5.82. The molecule has 20 heavy (non-hydrogen) atoms. The molecule has 0 aliphatic carbocycles. The summed E-state index contributed by atoms with van der Waals surface area (Å²) in [4.78, 5) is 13.8. The third-order valence-corrected chi connectivity index (χ3v) is 4.38. The lowest BCUT2D eigenvalue weighted by molar-refractivity contribution is -0.119. The van der Waals surface area contributed by atoms with Crippen molar-refractivity contribution in [3.8, 4) is 0 Å². The monoisotopic (exact) mass is 274 g/mol. The van der Waals surface area contributed by atoms with Crippen molar-refractivity contribution in [3.63, 3.8) is 0 Å².